The molecule has 2 aliphatic rings. The van der Waals surface area contributed by atoms with Crippen LogP contribution in [0.5, 0.6) is 0 Å². The maximum atomic E-state index is 12.6. The first kappa shape index (κ1) is 14.1. The minimum absolute atomic E-state index is 0.00787. The summed E-state index contributed by atoms with van der Waals surface area (Å²) < 4.78 is 23.1. The molecule has 0 bridgehead atoms. The Morgan fingerprint density at radius 3 is 2.80 bits per heavy atom. The van der Waals surface area contributed by atoms with Crippen LogP contribution in [0.15, 0.2) is 5.38 Å². The number of hydrogen-bond donors (Lipinski definition) is 0. The Kier molecular flexibility index (Phi) is 3.62. The molecule has 4 nitrogen and oxygen atoms in total. The van der Waals surface area contributed by atoms with Gasteiger partial charge in [-0.1, -0.05) is 0 Å². The van der Waals surface area contributed by atoms with E-state index in [-0.39, 0.29) is 23.5 Å². The lowest BCUT2D eigenvalue weighted by atomic mass is 9.95. The first-order valence-electron chi connectivity index (χ1n) is 7.05. The first-order valence-corrected chi connectivity index (χ1v) is 9.75. The highest BCUT2D eigenvalue weighted by Crippen LogP contribution is 2.31. The van der Waals surface area contributed by atoms with Gasteiger partial charge in [0.25, 0.3) is 5.91 Å². The van der Waals surface area contributed by atoms with E-state index in [4.69, 9.17) is 0 Å². The number of rotatable bonds is 2. The third kappa shape index (κ3) is 2.51. The van der Waals surface area contributed by atoms with Crippen molar-refractivity contribution in [3.8, 4) is 0 Å². The van der Waals surface area contributed by atoms with E-state index in [9.17, 15) is 13.2 Å². The molecule has 0 aromatic carbocycles. The monoisotopic (exact) mass is 313 g/mol. The highest BCUT2D eigenvalue weighted by atomic mass is 32.2. The lowest BCUT2D eigenvalue weighted by Gasteiger charge is -2.24. The van der Waals surface area contributed by atoms with Gasteiger partial charge in [0.2, 0.25) is 0 Å². The van der Waals surface area contributed by atoms with Crippen molar-refractivity contribution in [2.45, 2.75) is 38.1 Å². The average Bonchev–Trinajstić information content (AvgIpc) is 3.00. The van der Waals surface area contributed by atoms with Crippen molar-refractivity contribution in [2.75, 3.05) is 18.6 Å². The van der Waals surface area contributed by atoms with Crippen molar-refractivity contribution >= 4 is 27.1 Å². The Morgan fingerprint density at radius 1 is 1.35 bits per heavy atom. The summed E-state index contributed by atoms with van der Waals surface area (Å²) in [7, 11) is -1.21. The minimum atomic E-state index is -2.95. The van der Waals surface area contributed by atoms with Gasteiger partial charge in [-0.3, -0.25) is 4.79 Å². The van der Waals surface area contributed by atoms with Crippen molar-refractivity contribution in [1.29, 1.82) is 0 Å². The lowest BCUT2D eigenvalue weighted by molar-refractivity contribution is 0.0747. The second-order valence-electron chi connectivity index (χ2n) is 5.73. The van der Waals surface area contributed by atoms with Crippen LogP contribution in [0.1, 0.15) is 40.1 Å². The van der Waals surface area contributed by atoms with Gasteiger partial charge in [-0.05, 0) is 37.7 Å². The molecule has 20 heavy (non-hydrogen) atoms. The normalized spacial score (nSPS) is 24.4. The van der Waals surface area contributed by atoms with Gasteiger partial charge in [-0.15, -0.1) is 11.3 Å². The van der Waals surface area contributed by atoms with E-state index >= 15 is 0 Å². The van der Waals surface area contributed by atoms with Crippen LogP contribution < -0.4 is 0 Å². The Morgan fingerprint density at radius 2 is 2.10 bits per heavy atom. The molecule has 1 saturated heterocycles. The third-order valence-corrected chi connectivity index (χ3v) is 7.21. The summed E-state index contributed by atoms with van der Waals surface area (Å²) in [4.78, 5) is 15.6. The van der Waals surface area contributed by atoms with E-state index in [2.05, 4.69) is 0 Å². The zero-order valence-corrected chi connectivity index (χ0v) is 13.2. The van der Waals surface area contributed by atoms with Gasteiger partial charge in [0.15, 0.2) is 9.84 Å². The minimum Gasteiger partial charge on any atom is -0.338 e. The molecule has 1 fully saturated rings. The number of fused-ring (bicyclic) bond motifs is 1. The zero-order valence-electron chi connectivity index (χ0n) is 11.6. The van der Waals surface area contributed by atoms with Crippen molar-refractivity contribution in [3.05, 3.63) is 21.4 Å². The topological polar surface area (TPSA) is 54.5 Å². The predicted molar refractivity (Wildman–Crippen MR) is 80.1 cm³/mol. The van der Waals surface area contributed by atoms with Crippen molar-refractivity contribution < 1.29 is 13.2 Å². The fourth-order valence-electron chi connectivity index (χ4n) is 3.11. The summed E-state index contributed by atoms with van der Waals surface area (Å²) in [6.45, 7) is 0. The van der Waals surface area contributed by atoms with Crippen molar-refractivity contribution in [3.63, 3.8) is 0 Å². The van der Waals surface area contributed by atoms with Crippen LogP contribution in [0.25, 0.3) is 0 Å². The number of hydrogen-bond acceptors (Lipinski definition) is 4. The fraction of sp³-hybridized carbons (Fsp3) is 0.643. The molecule has 1 unspecified atom stereocenters. The van der Waals surface area contributed by atoms with E-state index in [1.165, 1.54) is 16.9 Å². The molecular weight excluding hydrogens is 294 g/mol. The van der Waals surface area contributed by atoms with E-state index in [1.807, 2.05) is 5.38 Å². The zero-order chi connectivity index (χ0) is 14.3. The Hall–Kier alpha value is -0.880. The summed E-state index contributed by atoms with van der Waals surface area (Å²) in [5.41, 5.74) is 2.01. The quantitative estimate of drug-likeness (QED) is 0.838. The SMILES string of the molecule is CN(C(=O)c1csc2c1CCCC2)C1CCS(=O)(=O)C1. The summed E-state index contributed by atoms with van der Waals surface area (Å²) in [6.07, 6.45) is 4.98. The van der Waals surface area contributed by atoms with Gasteiger partial charge >= 0.3 is 0 Å². The maximum Gasteiger partial charge on any atom is 0.255 e. The Bertz CT molecular complexity index is 633. The van der Waals surface area contributed by atoms with Crippen LogP contribution in [-0.2, 0) is 22.7 Å². The highest BCUT2D eigenvalue weighted by Gasteiger charge is 2.34. The smallest absolute Gasteiger partial charge is 0.255 e. The fourth-order valence-corrected chi connectivity index (χ4v) is 6.00. The maximum absolute atomic E-state index is 12.6. The molecular formula is C14H19NO3S2. The van der Waals surface area contributed by atoms with Crippen LogP contribution in [0.2, 0.25) is 0 Å². The second-order valence-corrected chi connectivity index (χ2v) is 8.92. The molecule has 0 radical (unpaired) electrons. The molecule has 1 aliphatic heterocycles. The predicted octanol–water partition coefficient (Wildman–Crippen LogP) is 1.89. The van der Waals surface area contributed by atoms with Gasteiger partial charge in [0, 0.05) is 23.3 Å². The third-order valence-electron chi connectivity index (χ3n) is 4.37. The molecule has 1 aromatic heterocycles. The van der Waals surface area contributed by atoms with E-state index < -0.39 is 9.84 Å². The largest absolute Gasteiger partial charge is 0.338 e. The van der Waals surface area contributed by atoms with Crippen LogP contribution in [0.4, 0.5) is 0 Å². The molecule has 110 valence electrons. The Labute approximate surface area is 123 Å². The van der Waals surface area contributed by atoms with E-state index in [0.717, 1.165) is 24.8 Å². The molecule has 1 aliphatic carbocycles. The number of sulfone groups is 1. The van der Waals surface area contributed by atoms with Crippen LogP contribution in [0, 0.1) is 0 Å². The number of carbonyl (C=O) groups excluding carboxylic acids is 1. The number of thiophene rings is 1. The molecule has 1 atom stereocenters. The van der Waals surface area contributed by atoms with Gasteiger partial charge < -0.3 is 4.90 Å². The van der Waals surface area contributed by atoms with Crippen LogP contribution in [0.3, 0.4) is 0 Å². The number of nitrogens with zero attached hydrogens (tertiary/aromatic N) is 1. The van der Waals surface area contributed by atoms with E-state index in [0.29, 0.717) is 6.42 Å². The van der Waals surface area contributed by atoms with Crippen LogP contribution in [-0.4, -0.2) is 43.8 Å². The molecule has 0 saturated carbocycles. The lowest BCUT2D eigenvalue weighted by Crippen LogP contribution is -2.38. The second kappa shape index (κ2) is 5.15. The Balaban J connectivity index is 1.81. The van der Waals surface area contributed by atoms with Crippen LogP contribution >= 0.6 is 11.3 Å². The molecule has 0 N–H and O–H groups in total. The molecule has 6 heteroatoms. The average molecular weight is 313 g/mol. The molecule has 1 aromatic rings. The van der Waals surface area contributed by atoms with Gasteiger partial charge in [-0.25, -0.2) is 8.42 Å². The number of aryl methyl sites for hydroxylation is 1. The number of amides is 1. The number of carbonyl (C=O) groups is 1. The summed E-state index contributed by atoms with van der Waals surface area (Å²) >= 11 is 1.67. The first-order chi connectivity index (χ1) is 9.48. The van der Waals surface area contributed by atoms with E-state index in [1.54, 1.807) is 23.3 Å². The molecule has 3 rings (SSSR count). The summed E-state index contributed by atoms with van der Waals surface area (Å²) in [5.74, 6) is 0.310. The summed E-state index contributed by atoms with van der Waals surface area (Å²) in [5, 5.41) is 1.96. The molecule has 2 heterocycles. The van der Waals surface area contributed by atoms with Gasteiger partial charge in [0.05, 0.1) is 17.1 Å². The van der Waals surface area contributed by atoms with Gasteiger partial charge in [0.1, 0.15) is 0 Å². The van der Waals surface area contributed by atoms with Gasteiger partial charge in [-0.2, -0.15) is 0 Å². The molecule has 1 amide bonds. The molecule has 0 spiro atoms. The van der Waals surface area contributed by atoms with Crippen molar-refractivity contribution in [2.24, 2.45) is 0 Å². The van der Waals surface area contributed by atoms with Crippen molar-refractivity contribution in [1.82, 2.24) is 4.90 Å². The standard InChI is InChI=1S/C14H19NO3S2/c1-15(10-6-7-20(17,18)9-10)14(16)12-8-19-13-5-3-2-4-11(12)13/h8,10H,2-7,9H2,1H3. The summed E-state index contributed by atoms with van der Waals surface area (Å²) in [6, 6.07) is -0.161. The highest BCUT2D eigenvalue weighted by molar-refractivity contribution is 7.91.